The van der Waals surface area contributed by atoms with Crippen LogP contribution in [0.5, 0.6) is 0 Å². The van der Waals surface area contributed by atoms with E-state index in [-0.39, 0.29) is 5.41 Å². The Hall–Kier alpha value is -2.64. The van der Waals surface area contributed by atoms with Crippen LogP contribution in [0, 0.1) is 0 Å². The molecule has 0 unspecified atom stereocenters. The first kappa shape index (κ1) is 15.9. The summed E-state index contributed by atoms with van der Waals surface area (Å²) in [4.78, 5) is 2.31. The van der Waals surface area contributed by atoms with Gasteiger partial charge in [-0.25, -0.2) is 0 Å². The molecule has 0 radical (unpaired) electrons. The summed E-state index contributed by atoms with van der Waals surface area (Å²) in [5, 5.41) is 20.4. The summed E-state index contributed by atoms with van der Waals surface area (Å²) in [6, 6.07) is 4.02. The van der Waals surface area contributed by atoms with Gasteiger partial charge in [-0.05, 0) is 25.0 Å². The van der Waals surface area contributed by atoms with Crippen LogP contribution < -0.4 is 10.6 Å². The quantitative estimate of drug-likeness (QED) is 0.741. The Kier molecular flexibility index (Phi) is 3.63. The van der Waals surface area contributed by atoms with Crippen molar-refractivity contribution in [2.24, 2.45) is 0 Å². The first-order valence-electron chi connectivity index (χ1n) is 8.70. The van der Waals surface area contributed by atoms with Gasteiger partial charge < -0.3 is 10.6 Å². The predicted octanol–water partition coefficient (Wildman–Crippen LogP) is 2.11. The van der Waals surface area contributed by atoms with Gasteiger partial charge in [0.1, 0.15) is 5.82 Å². The molecular weight excluding hydrogens is 316 g/mol. The number of piperidine rings is 1. The van der Waals surface area contributed by atoms with Crippen molar-refractivity contribution in [1.82, 2.24) is 30.0 Å². The highest BCUT2D eigenvalue weighted by Crippen LogP contribution is 2.31. The van der Waals surface area contributed by atoms with E-state index in [0.29, 0.717) is 5.92 Å². The van der Waals surface area contributed by atoms with Gasteiger partial charge in [0.05, 0.1) is 17.6 Å². The van der Waals surface area contributed by atoms with E-state index >= 15 is 0 Å². The molecule has 0 saturated carbocycles. The summed E-state index contributed by atoms with van der Waals surface area (Å²) in [5.74, 6) is 2.28. The number of nitrogens with one attached hydrogen (secondary N) is 1. The lowest BCUT2D eigenvalue weighted by Gasteiger charge is -2.32. The van der Waals surface area contributed by atoms with E-state index in [1.54, 1.807) is 6.20 Å². The van der Waals surface area contributed by atoms with E-state index in [1.807, 2.05) is 16.6 Å². The second-order valence-electron chi connectivity index (χ2n) is 7.74. The lowest BCUT2D eigenvalue weighted by atomic mass is 9.93. The van der Waals surface area contributed by atoms with Crippen molar-refractivity contribution in [3.8, 4) is 0 Å². The van der Waals surface area contributed by atoms with Crippen LogP contribution in [-0.4, -0.2) is 43.1 Å². The summed E-state index contributed by atoms with van der Waals surface area (Å²) >= 11 is 0. The second-order valence-corrected chi connectivity index (χ2v) is 7.74. The maximum Gasteiger partial charge on any atom is 0.178 e. The fourth-order valence-electron chi connectivity index (χ4n) is 3.45. The summed E-state index contributed by atoms with van der Waals surface area (Å²) in [7, 11) is 0. The Labute approximate surface area is 146 Å². The maximum atomic E-state index is 5.99. The number of H-pyrrole nitrogens is 1. The van der Waals surface area contributed by atoms with Gasteiger partial charge in [-0.3, -0.25) is 5.10 Å². The first-order valence-corrected chi connectivity index (χ1v) is 8.70. The topological polar surface area (TPSA) is 101 Å². The summed E-state index contributed by atoms with van der Waals surface area (Å²) in [6.45, 7) is 8.25. The minimum absolute atomic E-state index is 0.101. The molecule has 3 N–H and O–H groups in total. The van der Waals surface area contributed by atoms with Crippen molar-refractivity contribution in [2.45, 2.75) is 44.9 Å². The summed E-state index contributed by atoms with van der Waals surface area (Å²) in [5.41, 5.74) is 8.50. The smallest absolute Gasteiger partial charge is 0.178 e. The van der Waals surface area contributed by atoms with Crippen molar-refractivity contribution in [2.75, 3.05) is 23.7 Å². The first-order chi connectivity index (χ1) is 11.9. The van der Waals surface area contributed by atoms with E-state index in [1.165, 1.54) is 0 Å². The molecule has 4 rings (SSSR count). The summed E-state index contributed by atoms with van der Waals surface area (Å²) in [6.07, 6.45) is 3.75. The largest absolute Gasteiger partial charge is 0.396 e. The molecule has 3 aromatic heterocycles. The third kappa shape index (κ3) is 2.81. The molecule has 1 fully saturated rings. The minimum atomic E-state index is -0.101. The van der Waals surface area contributed by atoms with Crippen LogP contribution in [0.1, 0.15) is 51.0 Å². The molecule has 4 heterocycles. The number of anilines is 2. The maximum absolute atomic E-state index is 5.99. The Morgan fingerprint density at radius 1 is 1.16 bits per heavy atom. The molecule has 0 bridgehead atoms. The molecule has 3 aromatic rings. The molecule has 0 amide bonds. The fourth-order valence-corrected chi connectivity index (χ4v) is 3.45. The molecular formula is C17H24N8. The predicted molar refractivity (Wildman–Crippen MR) is 96.7 cm³/mol. The zero-order valence-corrected chi connectivity index (χ0v) is 14.9. The zero-order chi connectivity index (χ0) is 17.6. The Morgan fingerprint density at radius 3 is 2.56 bits per heavy atom. The SMILES string of the molecule is CC(C)(C)c1nnc2ccc(N3CCC(c4[nH]ncc4N)CC3)nn12. The van der Waals surface area contributed by atoms with Crippen LogP contribution in [0.3, 0.4) is 0 Å². The normalized spacial score (nSPS) is 16.7. The van der Waals surface area contributed by atoms with Gasteiger partial charge in [0.2, 0.25) is 0 Å². The highest BCUT2D eigenvalue weighted by Gasteiger charge is 2.26. The van der Waals surface area contributed by atoms with E-state index in [4.69, 9.17) is 10.8 Å². The number of nitrogens with two attached hydrogens (primary N) is 1. The molecule has 25 heavy (non-hydrogen) atoms. The summed E-state index contributed by atoms with van der Waals surface area (Å²) < 4.78 is 1.87. The van der Waals surface area contributed by atoms with Crippen LogP contribution in [0.2, 0.25) is 0 Å². The fraction of sp³-hybridized carbons (Fsp3) is 0.529. The van der Waals surface area contributed by atoms with Crippen LogP contribution in [0.15, 0.2) is 18.3 Å². The number of hydrogen-bond donors (Lipinski definition) is 2. The van der Waals surface area contributed by atoms with Gasteiger partial charge in [0.25, 0.3) is 0 Å². The molecule has 132 valence electrons. The van der Waals surface area contributed by atoms with E-state index < -0.39 is 0 Å². The number of hydrogen-bond acceptors (Lipinski definition) is 6. The van der Waals surface area contributed by atoms with Gasteiger partial charge in [-0.1, -0.05) is 20.8 Å². The number of nitrogens with zero attached hydrogens (tertiary/aromatic N) is 6. The molecule has 0 atom stereocenters. The molecule has 1 aliphatic rings. The average Bonchev–Trinajstić information content (AvgIpc) is 3.20. The van der Waals surface area contributed by atoms with Crippen LogP contribution in [0.4, 0.5) is 11.5 Å². The molecule has 1 saturated heterocycles. The van der Waals surface area contributed by atoms with Gasteiger partial charge in [-0.2, -0.15) is 9.61 Å². The average molecular weight is 340 g/mol. The number of fused-ring (bicyclic) bond motifs is 1. The van der Waals surface area contributed by atoms with Crippen LogP contribution in [-0.2, 0) is 5.41 Å². The molecule has 1 aliphatic heterocycles. The highest BCUT2D eigenvalue weighted by molar-refractivity contribution is 5.47. The molecule has 8 nitrogen and oxygen atoms in total. The van der Waals surface area contributed by atoms with Crippen molar-refractivity contribution in [1.29, 1.82) is 0 Å². The lowest BCUT2D eigenvalue weighted by Crippen LogP contribution is -2.34. The highest BCUT2D eigenvalue weighted by atomic mass is 15.4. The van der Waals surface area contributed by atoms with Crippen molar-refractivity contribution < 1.29 is 0 Å². The van der Waals surface area contributed by atoms with Gasteiger partial charge in [0, 0.05) is 24.4 Å². The van der Waals surface area contributed by atoms with Crippen LogP contribution in [0.25, 0.3) is 5.65 Å². The monoisotopic (exact) mass is 340 g/mol. The Bertz CT molecular complexity index is 880. The third-order valence-electron chi connectivity index (χ3n) is 4.85. The standard InChI is InChI=1S/C17H24N8/c1-17(2,3)16-22-20-13-4-5-14(23-25(13)16)24-8-6-11(7-9-24)15-12(18)10-19-21-15/h4-5,10-11H,6-9,18H2,1-3H3,(H,19,21). The van der Waals surface area contributed by atoms with Crippen molar-refractivity contribution in [3.05, 3.63) is 29.8 Å². The second kappa shape index (κ2) is 5.72. The van der Waals surface area contributed by atoms with Gasteiger partial charge in [-0.15, -0.1) is 15.3 Å². The third-order valence-corrected chi connectivity index (χ3v) is 4.85. The van der Waals surface area contributed by atoms with Crippen molar-refractivity contribution in [3.63, 3.8) is 0 Å². The Morgan fingerprint density at radius 2 is 1.92 bits per heavy atom. The molecule has 0 spiro atoms. The van der Waals surface area contributed by atoms with E-state index in [9.17, 15) is 0 Å². The zero-order valence-electron chi connectivity index (χ0n) is 14.9. The van der Waals surface area contributed by atoms with E-state index in [0.717, 1.165) is 54.6 Å². The number of aromatic amines is 1. The number of nitrogen functional groups attached to an aromatic ring is 1. The Balaban J connectivity index is 1.56. The molecule has 0 aliphatic carbocycles. The molecule has 8 heteroatoms. The molecule has 0 aromatic carbocycles. The van der Waals surface area contributed by atoms with Crippen molar-refractivity contribution >= 4 is 17.2 Å². The lowest BCUT2D eigenvalue weighted by molar-refractivity contribution is 0.489. The number of rotatable bonds is 2. The van der Waals surface area contributed by atoms with Crippen LogP contribution >= 0.6 is 0 Å². The van der Waals surface area contributed by atoms with E-state index in [2.05, 4.69) is 46.1 Å². The minimum Gasteiger partial charge on any atom is -0.396 e. The number of aromatic nitrogens is 6. The van der Waals surface area contributed by atoms with Gasteiger partial charge in [0.15, 0.2) is 11.5 Å². The van der Waals surface area contributed by atoms with Gasteiger partial charge >= 0.3 is 0 Å².